The predicted molar refractivity (Wildman–Crippen MR) is 87.7 cm³/mol. The average Bonchev–Trinajstić information content (AvgIpc) is 2.34. The van der Waals surface area contributed by atoms with Crippen LogP contribution in [0.1, 0.15) is 86.0 Å². The molecule has 0 aromatic carbocycles. The topological polar surface area (TPSA) is 24.4 Å². The second kappa shape index (κ2) is 10.1. The van der Waals surface area contributed by atoms with Crippen molar-refractivity contribution >= 4 is 5.71 Å². The minimum absolute atomic E-state index is 0.0835. The third-order valence-electron chi connectivity index (χ3n) is 3.55. The van der Waals surface area contributed by atoms with Gasteiger partial charge in [0, 0.05) is 5.54 Å². The molecular weight excluding hydrogens is 232 g/mol. The maximum absolute atomic E-state index is 4.40. The summed E-state index contributed by atoms with van der Waals surface area (Å²) < 4.78 is 0. The summed E-state index contributed by atoms with van der Waals surface area (Å²) in [6.45, 7) is 14.6. The van der Waals surface area contributed by atoms with Crippen LogP contribution in [0, 0.1) is 0 Å². The van der Waals surface area contributed by atoms with Crippen LogP contribution in [0.2, 0.25) is 0 Å². The molecule has 0 spiro atoms. The predicted octanol–water partition coefficient (Wildman–Crippen LogP) is 5.45. The first-order valence-electron chi connectivity index (χ1n) is 7.86. The van der Waals surface area contributed by atoms with Crippen molar-refractivity contribution in [3.8, 4) is 0 Å². The third-order valence-corrected chi connectivity index (χ3v) is 3.55. The molecule has 0 atom stereocenters. The zero-order valence-corrected chi connectivity index (χ0v) is 13.8. The van der Waals surface area contributed by atoms with E-state index < -0.39 is 0 Å². The quantitative estimate of drug-likeness (QED) is 0.300. The average molecular weight is 266 g/mol. The molecule has 0 saturated heterocycles. The SMILES string of the molecule is C=C(C)C(C)=NNC(C)(C)CCCCCCCCC. The number of allylic oxidation sites excluding steroid dienone is 1. The Balaban J connectivity index is 3.73. The lowest BCUT2D eigenvalue weighted by molar-refractivity contribution is 0.355. The number of nitrogens with one attached hydrogen (secondary N) is 1. The Hall–Kier alpha value is -0.790. The molecule has 0 aliphatic carbocycles. The van der Waals surface area contributed by atoms with E-state index in [1.165, 1.54) is 51.4 Å². The van der Waals surface area contributed by atoms with Crippen molar-refractivity contribution < 1.29 is 0 Å². The van der Waals surface area contributed by atoms with Gasteiger partial charge in [-0.3, -0.25) is 0 Å². The third kappa shape index (κ3) is 10.8. The highest BCUT2D eigenvalue weighted by Crippen LogP contribution is 2.16. The molecule has 2 heteroatoms. The summed E-state index contributed by atoms with van der Waals surface area (Å²) in [5, 5.41) is 4.40. The fourth-order valence-corrected chi connectivity index (χ4v) is 1.91. The molecule has 0 saturated carbocycles. The van der Waals surface area contributed by atoms with Crippen LogP contribution in [-0.4, -0.2) is 11.3 Å². The largest absolute Gasteiger partial charge is 0.304 e. The van der Waals surface area contributed by atoms with Crippen LogP contribution in [0.15, 0.2) is 17.3 Å². The van der Waals surface area contributed by atoms with E-state index in [2.05, 4.69) is 37.9 Å². The van der Waals surface area contributed by atoms with E-state index in [0.29, 0.717) is 0 Å². The maximum Gasteiger partial charge on any atom is 0.0595 e. The molecule has 0 aromatic rings. The van der Waals surface area contributed by atoms with Crippen molar-refractivity contribution in [2.24, 2.45) is 5.10 Å². The summed E-state index contributed by atoms with van der Waals surface area (Å²) >= 11 is 0. The van der Waals surface area contributed by atoms with Crippen LogP contribution in [0.4, 0.5) is 0 Å². The molecule has 2 nitrogen and oxygen atoms in total. The highest BCUT2D eigenvalue weighted by molar-refractivity contribution is 5.96. The summed E-state index contributed by atoms with van der Waals surface area (Å²) in [6, 6.07) is 0. The first kappa shape index (κ1) is 18.2. The van der Waals surface area contributed by atoms with Gasteiger partial charge in [-0.25, -0.2) is 0 Å². The lowest BCUT2D eigenvalue weighted by atomic mass is 9.97. The van der Waals surface area contributed by atoms with Crippen molar-refractivity contribution in [2.45, 2.75) is 91.5 Å². The molecule has 0 bridgehead atoms. The minimum atomic E-state index is 0.0835. The number of rotatable bonds is 11. The van der Waals surface area contributed by atoms with Crippen LogP contribution in [-0.2, 0) is 0 Å². The van der Waals surface area contributed by atoms with Gasteiger partial charge in [0.15, 0.2) is 0 Å². The smallest absolute Gasteiger partial charge is 0.0595 e. The monoisotopic (exact) mass is 266 g/mol. The molecule has 0 rings (SSSR count). The van der Waals surface area contributed by atoms with Gasteiger partial charge in [0.2, 0.25) is 0 Å². The minimum Gasteiger partial charge on any atom is -0.304 e. The normalized spacial score (nSPS) is 12.6. The van der Waals surface area contributed by atoms with E-state index in [9.17, 15) is 0 Å². The van der Waals surface area contributed by atoms with Crippen molar-refractivity contribution in [3.63, 3.8) is 0 Å². The van der Waals surface area contributed by atoms with Crippen molar-refractivity contribution in [1.82, 2.24) is 5.43 Å². The molecule has 112 valence electrons. The van der Waals surface area contributed by atoms with Crippen LogP contribution in [0.3, 0.4) is 0 Å². The highest BCUT2D eigenvalue weighted by atomic mass is 15.3. The molecule has 0 aliphatic rings. The van der Waals surface area contributed by atoms with E-state index in [1.807, 2.05) is 13.8 Å². The Kier molecular flexibility index (Phi) is 9.63. The molecule has 0 unspecified atom stereocenters. The molecular formula is C17H34N2. The van der Waals surface area contributed by atoms with Gasteiger partial charge in [-0.1, -0.05) is 58.4 Å². The summed E-state index contributed by atoms with van der Waals surface area (Å²) in [6.07, 6.45) is 10.7. The van der Waals surface area contributed by atoms with Gasteiger partial charge in [-0.2, -0.15) is 5.10 Å². The summed E-state index contributed by atoms with van der Waals surface area (Å²) in [5.74, 6) is 0. The Bertz CT molecular complexity index is 277. The molecule has 0 heterocycles. The number of hydrogen-bond donors (Lipinski definition) is 1. The fraction of sp³-hybridized carbons (Fsp3) is 0.824. The van der Waals surface area contributed by atoms with Gasteiger partial charge in [-0.15, -0.1) is 0 Å². The maximum atomic E-state index is 4.40. The number of hydrogen-bond acceptors (Lipinski definition) is 2. The lowest BCUT2D eigenvalue weighted by Crippen LogP contribution is -2.36. The van der Waals surface area contributed by atoms with Gasteiger partial charge >= 0.3 is 0 Å². The van der Waals surface area contributed by atoms with Crippen molar-refractivity contribution in [3.05, 3.63) is 12.2 Å². The van der Waals surface area contributed by atoms with E-state index in [-0.39, 0.29) is 5.54 Å². The Morgan fingerprint density at radius 2 is 1.53 bits per heavy atom. The fourth-order valence-electron chi connectivity index (χ4n) is 1.91. The first-order valence-corrected chi connectivity index (χ1v) is 7.86. The molecule has 0 aromatic heterocycles. The molecule has 19 heavy (non-hydrogen) atoms. The Labute approximate surface area is 120 Å². The summed E-state index contributed by atoms with van der Waals surface area (Å²) in [4.78, 5) is 0. The second-order valence-electron chi connectivity index (χ2n) is 6.34. The van der Waals surface area contributed by atoms with Gasteiger partial charge in [0.25, 0.3) is 0 Å². The molecule has 0 fully saturated rings. The van der Waals surface area contributed by atoms with E-state index in [0.717, 1.165) is 11.3 Å². The Morgan fingerprint density at radius 3 is 2.05 bits per heavy atom. The van der Waals surface area contributed by atoms with Gasteiger partial charge < -0.3 is 5.43 Å². The molecule has 0 aliphatic heterocycles. The van der Waals surface area contributed by atoms with Crippen LogP contribution in [0.25, 0.3) is 0 Å². The zero-order chi connectivity index (χ0) is 14.7. The second-order valence-corrected chi connectivity index (χ2v) is 6.34. The summed E-state index contributed by atoms with van der Waals surface area (Å²) in [5.41, 5.74) is 5.38. The number of nitrogens with zero attached hydrogens (tertiary/aromatic N) is 1. The molecule has 0 radical (unpaired) electrons. The number of hydrazone groups is 1. The van der Waals surface area contributed by atoms with Gasteiger partial charge in [0.1, 0.15) is 0 Å². The Morgan fingerprint density at radius 1 is 1.00 bits per heavy atom. The standard InChI is InChI=1S/C17H34N2/c1-7-8-9-10-11-12-13-14-17(5,6)19-18-16(4)15(2)3/h19H,2,7-14H2,1,3-6H3. The highest BCUT2D eigenvalue weighted by Gasteiger charge is 2.15. The number of unbranched alkanes of at least 4 members (excludes halogenated alkanes) is 6. The van der Waals surface area contributed by atoms with E-state index >= 15 is 0 Å². The first-order chi connectivity index (χ1) is 8.89. The van der Waals surface area contributed by atoms with Crippen molar-refractivity contribution in [2.75, 3.05) is 0 Å². The molecule has 1 N–H and O–H groups in total. The van der Waals surface area contributed by atoms with Gasteiger partial charge in [-0.05, 0) is 39.7 Å². The van der Waals surface area contributed by atoms with E-state index in [4.69, 9.17) is 0 Å². The van der Waals surface area contributed by atoms with Crippen LogP contribution >= 0.6 is 0 Å². The zero-order valence-electron chi connectivity index (χ0n) is 13.8. The van der Waals surface area contributed by atoms with Crippen LogP contribution in [0.5, 0.6) is 0 Å². The van der Waals surface area contributed by atoms with Gasteiger partial charge in [0.05, 0.1) is 5.71 Å². The molecule has 0 amide bonds. The van der Waals surface area contributed by atoms with E-state index in [1.54, 1.807) is 0 Å². The lowest BCUT2D eigenvalue weighted by Gasteiger charge is -2.24. The summed E-state index contributed by atoms with van der Waals surface area (Å²) in [7, 11) is 0. The van der Waals surface area contributed by atoms with Crippen LogP contribution < -0.4 is 5.43 Å². The van der Waals surface area contributed by atoms with Crippen molar-refractivity contribution in [1.29, 1.82) is 0 Å².